The van der Waals surface area contributed by atoms with Crippen molar-refractivity contribution in [3.8, 4) is 11.5 Å². The number of phenols is 2. The zero-order chi connectivity index (χ0) is 16.2. The van der Waals surface area contributed by atoms with E-state index in [1.165, 1.54) is 19.3 Å². The monoisotopic (exact) mass is 348 g/mol. The van der Waals surface area contributed by atoms with Crippen molar-refractivity contribution in [1.29, 1.82) is 0 Å². The molecule has 2 nitrogen and oxygen atoms in total. The van der Waals surface area contributed by atoms with Gasteiger partial charge >= 0.3 is 0 Å². The van der Waals surface area contributed by atoms with Crippen molar-refractivity contribution in [3.05, 3.63) is 57.6 Å². The highest BCUT2D eigenvalue weighted by atomic mass is 35.5. The first kappa shape index (κ1) is 15.2. The molecular weight excluding hydrogens is 331 g/mol. The summed E-state index contributed by atoms with van der Waals surface area (Å²) in [6.45, 7) is 0. The summed E-state index contributed by atoms with van der Waals surface area (Å²) in [5.41, 5.74) is 2.14. The summed E-state index contributed by atoms with van der Waals surface area (Å²) < 4.78 is 0. The van der Waals surface area contributed by atoms with Gasteiger partial charge in [-0.25, -0.2) is 0 Å². The maximum absolute atomic E-state index is 9.77. The molecule has 0 amide bonds. The number of rotatable bonds is 2. The summed E-state index contributed by atoms with van der Waals surface area (Å²) in [7, 11) is 0. The van der Waals surface area contributed by atoms with E-state index >= 15 is 0 Å². The van der Waals surface area contributed by atoms with Gasteiger partial charge in [0.2, 0.25) is 0 Å². The Balaban J connectivity index is 1.91. The minimum Gasteiger partial charge on any atom is -0.506 e. The van der Waals surface area contributed by atoms with E-state index in [4.69, 9.17) is 23.2 Å². The van der Waals surface area contributed by atoms with Crippen molar-refractivity contribution in [1.82, 2.24) is 0 Å². The van der Waals surface area contributed by atoms with Gasteiger partial charge < -0.3 is 10.2 Å². The predicted octanol–water partition coefficient (Wildman–Crippen LogP) is 5.51. The van der Waals surface area contributed by atoms with Crippen molar-refractivity contribution < 1.29 is 10.2 Å². The molecule has 2 bridgehead atoms. The van der Waals surface area contributed by atoms with Crippen LogP contribution in [0.25, 0.3) is 0 Å². The predicted molar refractivity (Wildman–Crippen MR) is 92.5 cm³/mol. The Labute approximate surface area is 145 Å². The van der Waals surface area contributed by atoms with Crippen LogP contribution in [0.1, 0.15) is 36.8 Å². The number of halogens is 2. The number of hydrogen-bond acceptors (Lipinski definition) is 2. The Hall–Kier alpha value is -1.38. The van der Waals surface area contributed by atoms with Gasteiger partial charge in [0.1, 0.15) is 11.5 Å². The molecule has 2 saturated carbocycles. The molecule has 2 N–H and O–H groups in total. The number of phenolic OH excluding ortho intramolecular Hbond substituents is 2. The zero-order valence-corrected chi connectivity index (χ0v) is 14.1. The molecule has 2 aromatic rings. The van der Waals surface area contributed by atoms with E-state index in [1.54, 1.807) is 12.1 Å². The molecular formula is C19H18Cl2O2. The fourth-order valence-electron chi connectivity index (χ4n) is 4.77. The number of hydrogen-bond donors (Lipinski definition) is 2. The van der Waals surface area contributed by atoms with Gasteiger partial charge in [0.05, 0.1) is 10.0 Å². The Kier molecular flexibility index (Phi) is 3.51. The second kappa shape index (κ2) is 5.32. The van der Waals surface area contributed by atoms with Gasteiger partial charge in [-0.05, 0) is 66.5 Å². The summed E-state index contributed by atoms with van der Waals surface area (Å²) in [6.07, 6.45) is 4.77. The van der Waals surface area contributed by atoms with Gasteiger partial charge in [-0.2, -0.15) is 0 Å². The first-order chi connectivity index (χ1) is 11.0. The topological polar surface area (TPSA) is 40.5 Å². The third-order valence-electron chi connectivity index (χ3n) is 5.77. The molecule has 0 heterocycles. The first-order valence-corrected chi connectivity index (χ1v) is 8.74. The molecule has 2 aliphatic carbocycles. The maximum Gasteiger partial charge on any atom is 0.134 e. The highest BCUT2D eigenvalue weighted by molar-refractivity contribution is 6.32. The molecule has 23 heavy (non-hydrogen) atoms. The number of aromatic hydroxyl groups is 2. The maximum atomic E-state index is 9.77. The summed E-state index contributed by atoms with van der Waals surface area (Å²) in [6, 6.07) is 11.1. The average Bonchev–Trinajstić information content (AvgIpc) is 3.14. The van der Waals surface area contributed by atoms with Crippen LogP contribution in [-0.2, 0) is 5.41 Å². The largest absolute Gasteiger partial charge is 0.506 e. The molecule has 4 heteroatoms. The first-order valence-electron chi connectivity index (χ1n) is 7.98. The molecule has 2 aromatic carbocycles. The van der Waals surface area contributed by atoms with Crippen LogP contribution in [-0.4, -0.2) is 10.2 Å². The van der Waals surface area contributed by atoms with Gasteiger partial charge in [0.25, 0.3) is 0 Å². The molecule has 0 aromatic heterocycles. The number of benzene rings is 2. The van der Waals surface area contributed by atoms with Crippen LogP contribution in [0, 0.1) is 11.8 Å². The Morgan fingerprint density at radius 3 is 1.83 bits per heavy atom. The molecule has 0 saturated heterocycles. The highest BCUT2D eigenvalue weighted by Crippen LogP contribution is 2.60. The molecule has 2 atom stereocenters. The van der Waals surface area contributed by atoms with Crippen LogP contribution in [0.3, 0.4) is 0 Å². The zero-order valence-electron chi connectivity index (χ0n) is 12.6. The lowest BCUT2D eigenvalue weighted by Crippen LogP contribution is -2.34. The minimum atomic E-state index is -0.127. The van der Waals surface area contributed by atoms with E-state index < -0.39 is 0 Å². The smallest absolute Gasteiger partial charge is 0.134 e. The molecule has 0 radical (unpaired) electrons. The molecule has 2 aliphatic rings. The van der Waals surface area contributed by atoms with Crippen LogP contribution in [0.15, 0.2) is 36.4 Å². The minimum absolute atomic E-state index is 0.109. The van der Waals surface area contributed by atoms with Crippen LogP contribution in [0.2, 0.25) is 10.0 Å². The van der Waals surface area contributed by atoms with Gasteiger partial charge in [-0.3, -0.25) is 0 Å². The van der Waals surface area contributed by atoms with Gasteiger partial charge in [0.15, 0.2) is 0 Å². The van der Waals surface area contributed by atoms with Crippen LogP contribution in [0.4, 0.5) is 0 Å². The van der Waals surface area contributed by atoms with E-state index in [2.05, 4.69) is 0 Å². The van der Waals surface area contributed by atoms with E-state index in [0.717, 1.165) is 23.5 Å². The summed E-state index contributed by atoms with van der Waals surface area (Å²) in [4.78, 5) is 0. The molecule has 0 unspecified atom stereocenters. The third-order valence-corrected chi connectivity index (χ3v) is 6.38. The quantitative estimate of drug-likeness (QED) is 0.750. The van der Waals surface area contributed by atoms with E-state index in [1.807, 2.05) is 24.3 Å². The van der Waals surface area contributed by atoms with E-state index in [-0.39, 0.29) is 16.9 Å². The van der Waals surface area contributed by atoms with Gasteiger partial charge in [-0.15, -0.1) is 0 Å². The standard InChI is InChI=1S/C19H18Cl2O2/c20-15-8-13(3-5-17(15)22)19(10-11-1-2-12(19)7-11)14-4-6-18(23)16(21)9-14/h3-6,8-9,11-12,22-23H,1-2,7,10H2/t11-,12+/m0/s1. The van der Waals surface area contributed by atoms with Crippen LogP contribution < -0.4 is 0 Å². The van der Waals surface area contributed by atoms with Crippen LogP contribution in [0.5, 0.6) is 11.5 Å². The lowest BCUT2D eigenvalue weighted by Gasteiger charge is -2.39. The third kappa shape index (κ3) is 2.23. The van der Waals surface area contributed by atoms with Crippen molar-refractivity contribution in [3.63, 3.8) is 0 Å². The Morgan fingerprint density at radius 1 is 0.870 bits per heavy atom. The van der Waals surface area contributed by atoms with Crippen molar-refractivity contribution >= 4 is 23.2 Å². The summed E-state index contributed by atoms with van der Waals surface area (Å²) in [5, 5.41) is 20.3. The van der Waals surface area contributed by atoms with Crippen molar-refractivity contribution in [2.75, 3.05) is 0 Å². The lowest BCUT2D eigenvalue weighted by atomic mass is 9.64. The fraction of sp³-hybridized carbons (Fsp3) is 0.368. The van der Waals surface area contributed by atoms with Crippen molar-refractivity contribution in [2.45, 2.75) is 31.1 Å². The fourth-order valence-corrected chi connectivity index (χ4v) is 5.13. The highest BCUT2D eigenvalue weighted by Gasteiger charge is 2.52. The molecule has 0 aliphatic heterocycles. The molecule has 120 valence electrons. The molecule has 0 spiro atoms. The molecule has 4 rings (SSSR count). The Bertz CT molecular complexity index is 720. The molecule has 2 fully saturated rings. The number of fused-ring (bicyclic) bond motifs is 2. The van der Waals surface area contributed by atoms with E-state index in [9.17, 15) is 10.2 Å². The average molecular weight is 349 g/mol. The Morgan fingerprint density at radius 2 is 1.43 bits per heavy atom. The van der Waals surface area contributed by atoms with Crippen molar-refractivity contribution in [2.24, 2.45) is 11.8 Å². The van der Waals surface area contributed by atoms with Gasteiger partial charge in [0, 0.05) is 5.41 Å². The summed E-state index contributed by atoms with van der Waals surface area (Å²) >= 11 is 12.4. The second-order valence-electron chi connectivity index (χ2n) is 6.88. The normalized spacial score (nSPS) is 25.0. The van der Waals surface area contributed by atoms with Crippen LogP contribution >= 0.6 is 23.2 Å². The second-order valence-corrected chi connectivity index (χ2v) is 7.70. The SMILES string of the molecule is Oc1ccc(C2(c3ccc(O)c(Cl)c3)C[C@H]3CC[C@@H]2C3)cc1Cl. The van der Waals surface area contributed by atoms with E-state index in [0.29, 0.717) is 16.0 Å². The lowest BCUT2D eigenvalue weighted by molar-refractivity contribution is 0.319. The van der Waals surface area contributed by atoms with Gasteiger partial charge in [-0.1, -0.05) is 41.8 Å². The summed E-state index contributed by atoms with van der Waals surface area (Å²) in [5.74, 6) is 1.49.